The van der Waals surface area contributed by atoms with E-state index in [0.717, 1.165) is 0 Å². The van der Waals surface area contributed by atoms with E-state index in [9.17, 15) is 9.59 Å². The molecule has 2 rings (SSSR count). The van der Waals surface area contributed by atoms with Crippen LogP contribution in [0.25, 0.3) is 0 Å². The molecule has 0 saturated carbocycles. The Balaban J connectivity index is 2.36. The third-order valence-corrected chi connectivity index (χ3v) is 2.70. The first-order valence-corrected chi connectivity index (χ1v) is 5.59. The van der Waals surface area contributed by atoms with Crippen molar-refractivity contribution >= 4 is 17.6 Å². The molecule has 0 aliphatic heterocycles. The number of aromatic nitrogens is 2. The van der Waals surface area contributed by atoms with Gasteiger partial charge in [-0.1, -0.05) is 12.1 Å². The van der Waals surface area contributed by atoms with Gasteiger partial charge in [-0.3, -0.25) is 4.79 Å². The number of carbonyl (C=O) groups is 2. The molecule has 1 heterocycles. The van der Waals surface area contributed by atoms with Gasteiger partial charge in [-0.15, -0.1) is 0 Å². The summed E-state index contributed by atoms with van der Waals surface area (Å²) >= 11 is 0. The number of methoxy groups -OCH3 is 1. The lowest BCUT2D eigenvalue weighted by atomic mass is 10.1. The Morgan fingerprint density at radius 2 is 2.05 bits per heavy atom. The molecule has 1 amide bonds. The zero-order valence-corrected chi connectivity index (χ0v) is 10.6. The van der Waals surface area contributed by atoms with Gasteiger partial charge in [0.25, 0.3) is 5.91 Å². The van der Waals surface area contributed by atoms with Crippen molar-refractivity contribution in [3.8, 4) is 0 Å². The molecule has 0 saturated heterocycles. The van der Waals surface area contributed by atoms with Gasteiger partial charge in [-0.05, 0) is 12.1 Å². The second-order valence-electron chi connectivity index (χ2n) is 3.84. The Labute approximate surface area is 110 Å². The van der Waals surface area contributed by atoms with Gasteiger partial charge in [-0.25, -0.2) is 9.78 Å². The number of para-hydroxylation sites is 1. The average Bonchev–Trinajstić information content (AvgIpc) is 2.99. The van der Waals surface area contributed by atoms with Crippen LogP contribution in [0.5, 0.6) is 0 Å². The van der Waals surface area contributed by atoms with Gasteiger partial charge in [0.15, 0.2) is 0 Å². The molecule has 1 aromatic carbocycles. The molecule has 0 fully saturated rings. The number of nitrogens with one attached hydrogen (secondary N) is 1. The fourth-order valence-corrected chi connectivity index (χ4v) is 1.71. The van der Waals surface area contributed by atoms with Crippen LogP contribution in [0.4, 0.5) is 5.69 Å². The summed E-state index contributed by atoms with van der Waals surface area (Å²) in [5.74, 6) is -0.770. The summed E-state index contributed by atoms with van der Waals surface area (Å²) in [6, 6.07) is 6.75. The number of benzene rings is 1. The number of amides is 1. The van der Waals surface area contributed by atoms with Gasteiger partial charge in [-0.2, -0.15) is 0 Å². The average molecular weight is 259 g/mol. The van der Waals surface area contributed by atoms with Crippen molar-refractivity contribution in [2.45, 2.75) is 0 Å². The third-order valence-electron chi connectivity index (χ3n) is 2.70. The fourth-order valence-electron chi connectivity index (χ4n) is 1.71. The maximum Gasteiger partial charge on any atom is 0.339 e. The van der Waals surface area contributed by atoms with E-state index in [1.54, 1.807) is 31.3 Å². The summed E-state index contributed by atoms with van der Waals surface area (Å²) in [6.45, 7) is 0. The number of imidazole rings is 1. The zero-order chi connectivity index (χ0) is 13.8. The summed E-state index contributed by atoms with van der Waals surface area (Å²) in [5.41, 5.74) is 1.16. The van der Waals surface area contributed by atoms with Crippen LogP contribution in [-0.4, -0.2) is 36.0 Å². The van der Waals surface area contributed by atoms with Gasteiger partial charge in [0.05, 0.1) is 30.9 Å². The number of rotatable bonds is 3. The number of anilines is 1. The van der Waals surface area contributed by atoms with Crippen molar-refractivity contribution in [2.24, 2.45) is 0 Å². The molecule has 2 aromatic rings. The molecular weight excluding hydrogens is 246 g/mol. The van der Waals surface area contributed by atoms with Gasteiger partial charge >= 0.3 is 5.97 Å². The lowest BCUT2D eigenvalue weighted by Gasteiger charge is -2.18. The second-order valence-corrected chi connectivity index (χ2v) is 3.84. The maximum atomic E-state index is 12.2. The highest BCUT2D eigenvalue weighted by Gasteiger charge is 2.20. The van der Waals surface area contributed by atoms with E-state index in [4.69, 9.17) is 4.74 Å². The Kier molecular flexibility index (Phi) is 3.61. The maximum absolute atomic E-state index is 12.2. The molecule has 6 heteroatoms. The van der Waals surface area contributed by atoms with Crippen molar-refractivity contribution in [1.82, 2.24) is 9.97 Å². The molecule has 98 valence electrons. The van der Waals surface area contributed by atoms with Crippen molar-refractivity contribution in [3.05, 3.63) is 48.0 Å². The highest BCUT2D eigenvalue weighted by molar-refractivity contribution is 6.08. The Morgan fingerprint density at radius 3 is 2.68 bits per heavy atom. The molecule has 6 nitrogen and oxygen atoms in total. The third kappa shape index (κ3) is 2.47. The Morgan fingerprint density at radius 1 is 1.32 bits per heavy atom. The van der Waals surface area contributed by atoms with Crippen molar-refractivity contribution in [1.29, 1.82) is 0 Å². The van der Waals surface area contributed by atoms with Crippen LogP contribution in [0.1, 0.15) is 20.8 Å². The number of carbonyl (C=O) groups excluding carboxylic acids is 2. The molecule has 0 spiro atoms. The Hall–Kier alpha value is -2.63. The molecule has 0 aliphatic carbocycles. The number of aromatic amines is 1. The van der Waals surface area contributed by atoms with Crippen LogP contribution in [-0.2, 0) is 4.74 Å². The predicted molar refractivity (Wildman–Crippen MR) is 69.1 cm³/mol. The fraction of sp³-hybridized carbons (Fsp3) is 0.154. The first-order valence-electron chi connectivity index (χ1n) is 5.59. The first kappa shape index (κ1) is 12.8. The first-order chi connectivity index (χ1) is 9.15. The van der Waals surface area contributed by atoms with E-state index in [0.29, 0.717) is 16.9 Å². The summed E-state index contributed by atoms with van der Waals surface area (Å²) in [5, 5.41) is 0. The van der Waals surface area contributed by atoms with Crippen LogP contribution in [0.3, 0.4) is 0 Å². The van der Waals surface area contributed by atoms with Gasteiger partial charge in [0, 0.05) is 7.05 Å². The molecule has 0 bridgehead atoms. The van der Waals surface area contributed by atoms with Crippen LogP contribution in [0.15, 0.2) is 36.8 Å². The standard InChI is InChI=1S/C13H13N3O3/c1-16(12(17)10-7-14-8-15-10)11-6-4-3-5-9(11)13(18)19-2/h3-8H,1-2H3,(H,14,15). The highest BCUT2D eigenvalue weighted by Crippen LogP contribution is 2.21. The number of hydrogen-bond acceptors (Lipinski definition) is 4. The van der Waals surface area contributed by atoms with Crippen LogP contribution < -0.4 is 4.90 Å². The van der Waals surface area contributed by atoms with Crippen LogP contribution in [0.2, 0.25) is 0 Å². The van der Waals surface area contributed by atoms with Crippen LogP contribution >= 0.6 is 0 Å². The van der Waals surface area contributed by atoms with E-state index < -0.39 is 5.97 Å². The normalized spacial score (nSPS) is 10.0. The minimum absolute atomic E-state index is 0.283. The second kappa shape index (κ2) is 5.34. The molecule has 19 heavy (non-hydrogen) atoms. The number of H-pyrrole nitrogens is 1. The quantitative estimate of drug-likeness (QED) is 0.847. The van der Waals surface area contributed by atoms with Crippen molar-refractivity contribution in [2.75, 3.05) is 19.1 Å². The number of hydrogen-bond donors (Lipinski definition) is 1. The van der Waals surface area contributed by atoms with E-state index in [1.165, 1.54) is 24.5 Å². The molecule has 0 aliphatic rings. The number of nitrogens with zero attached hydrogens (tertiary/aromatic N) is 2. The van der Waals surface area contributed by atoms with Gasteiger partial charge in [0.2, 0.25) is 0 Å². The Bertz CT molecular complexity index is 593. The van der Waals surface area contributed by atoms with E-state index in [-0.39, 0.29) is 5.91 Å². The largest absolute Gasteiger partial charge is 0.465 e. The number of esters is 1. The molecule has 0 radical (unpaired) electrons. The van der Waals surface area contributed by atoms with E-state index in [2.05, 4.69) is 9.97 Å². The van der Waals surface area contributed by atoms with E-state index in [1.807, 2.05) is 0 Å². The smallest absolute Gasteiger partial charge is 0.339 e. The minimum Gasteiger partial charge on any atom is -0.465 e. The van der Waals surface area contributed by atoms with E-state index >= 15 is 0 Å². The van der Waals surface area contributed by atoms with Crippen molar-refractivity contribution < 1.29 is 14.3 Å². The van der Waals surface area contributed by atoms with Crippen molar-refractivity contribution in [3.63, 3.8) is 0 Å². The molecule has 1 aromatic heterocycles. The summed E-state index contributed by atoms with van der Waals surface area (Å²) in [6.07, 6.45) is 2.85. The lowest BCUT2D eigenvalue weighted by molar-refractivity contribution is 0.0601. The van der Waals surface area contributed by atoms with Crippen LogP contribution in [0, 0.1) is 0 Å². The predicted octanol–water partition coefficient (Wildman–Crippen LogP) is 1.47. The molecular formula is C13H13N3O3. The highest BCUT2D eigenvalue weighted by atomic mass is 16.5. The number of ether oxygens (including phenoxy) is 1. The van der Waals surface area contributed by atoms with Gasteiger partial charge < -0.3 is 14.6 Å². The zero-order valence-electron chi connectivity index (χ0n) is 10.6. The summed E-state index contributed by atoms with van der Waals surface area (Å²) < 4.78 is 4.70. The monoisotopic (exact) mass is 259 g/mol. The summed E-state index contributed by atoms with van der Waals surface area (Å²) in [7, 11) is 2.89. The summed E-state index contributed by atoms with van der Waals surface area (Å²) in [4.78, 5) is 31.7. The molecule has 0 atom stereocenters. The molecule has 0 unspecified atom stereocenters. The lowest BCUT2D eigenvalue weighted by Crippen LogP contribution is -2.28. The SMILES string of the molecule is COC(=O)c1ccccc1N(C)C(=O)c1cnc[nH]1. The minimum atomic E-state index is -0.486. The topological polar surface area (TPSA) is 75.3 Å². The van der Waals surface area contributed by atoms with Gasteiger partial charge in [0.1, 0.15) is 5.69 Å². The molecule has 1 N–H and O–H groups in total.